The maximum absolute atomic E-state index is 12.8. The van der Waals surface area contributed by atoms with Gasteiger partial charge in [0.15, 0.2) is 11.5 Å². The predicted molar refractivity (Wildman–Crippen MR) is 109 cm³/mol. The second kappa shape index (κ2) is 9.29. The number of nitrogens with two attached hydrogens (primary N) is 1. The van der Waals surface area contributed by atoms with E-state index in [0.717, 1.165) is 31.1 Å². The van der Waals surface area contributed by atoms with Crippen LogP contribution in [-0.4, -0.2) is 57.2 Å². The average Bonchev–Trinajstić information content (AvgIpc) is 2.73. The second-order valence-electron chi connectivity index (χ2n) is 6.98. The molecule has 154 valence electrons. The number of rotatable bonds is 6. The molecule has 8 nitrogen and oxygen atoms in total. The van der Waals surface area contributed by atoms with E-state index in [-0.39, 0.29) is 5.91 Å². The molecule has 3 amide bonds. The first-order valence-corrected chi connectivity index (χ1v) is 9.50. The van der Waals surface area contributed by atoms with E-state index in [2.05, 4.69) is 5.32 Å². The fraction of sp³-hybridized carbons (Fsp3) is 0.333. The Kier molecular flexibility index (Phi) is 6.56. The molecular formula is C21H27N4O4+. The number of methoxy groups -OCH3 is 2. The first-order valence-electron chi connectivity index (χ1n) is 9.50. The zero-order valence-corrected chi connectivity index (χ0v) is 16.7. The Labute approximate surface area is 170 Å². The van der Waals surface area contributed by atoms with E-state index in [0.29, 0.717) is 24.3 Å². The lowest BCUT2D eigenvalue weighted by atomic mass is 10.1. The van der Waals surface area contributed by atoms with Crippen molar-refractivity contribution in [3.8, 4) is 11.5 Å². The Morgan fingerprint density at radius 3 is 2.45 bits per heavy atom. The van der Waals surface area contributed by atoms with Gasteiger partial charge in [0, 0.05) is 16.8 Å². The number of urea groups is 1. The van der Waals surface area contributed by atoms with Gasteiger partial charge in [-0.3, -0.25) is 4.79 Å². The van der Waals surface area contributed by atoms with Crippen LogP contribution in [0.25, 0.3) is 0 Å². The second-order valence-corrected chi connectivity index (χ2v) is 6.98. The Balaban J connectivity index is 1.58. The van der Waals surface area contributed by atoms with Crippen molar-refractivity contribution < 1.29 is 24.0 Å². The molecule has 0 saturated carbocycles. The smallest absolute Gasteiger partial charge is 0.316 e. The molecule has 3 rings (SSSR count). The molecule has 1 aliphatic rings. The molecule has 0 aliphatic carbocycles. The van der Waals surface area contributed by atoms with Crippen molar-refractivity contribution in [2.45, 2.75) is 6.54 Å². The molecule has 2 aromatic rings. The summed E-state index contributed by atoms with van der Waals surface area (Å²) in [4.78, 5) is 27.1. The van der Waals surface area contributed by atoms with Gasteiger partial charge in [-0.05, 0) is 36.4 Å². The zero-order chi connectivity index (χ0) is 20.8. The highest BCUT2D eigenvalue weighted by Gasteiger charge is 2.25. The van der Waals surface area contributed by atoms with Crippen LogP contribution in [0.3, 0.4) is 0 Å². The molecular weight excluding hydrogens is 372 g/mol. The first-order chi connectivity index (χ1) is 14.0. The minimum absolute atomic E-state index is 0.0386. The third-order valence-electron chi connectivity index (χ3n) is 5.04. The molecule has 1 saturated heterocycles. The van der Waals surface area contributed by atoms with E-state index < -0.39 is 6.03 Å². The van der Waals surface area contributed by atoms with Crippen molar-refractivity contribution in [3.05, 3.63) is 53.6 Å². The van der Waals surface area contributed by atoms with E-state index in [9.17, 15) is 9.59 Å². The maximum Gasteiger partial charge on any atom is 0.316 e. The summed E-state index contributed by atoms with van der Waals surface area (Å²) < 4.78 is 10.7. The largest absolute Gasteiger partial charge is 0.493 e. The van der Waals surface area contributed by atoms with Gasteiger partial charge < -0.3 is 30.3 Å². The van der Waals surface area contributed by atoms with Crippen LogP contribution in [0.15, 0.2) is 42.5 Å². The molecule has 0 radical (unpaired) electrons. The number of ether oxygens (including phenoxy) is 2. The summed E-state index contributed by atoms with van der Waals surface area (Å²) in [5.41, 5.74) is 7.37. The minimum atomic E-state index is -0.651. The van der Waals surface area contributed by atoms with Crippen molar-refractivity contribution in [1.82, 2.24) is 4.90 Å². The molecule has 0 bridgehead atoms. The van der Waals surface area contributed by atoms with Gasteiger partial charge in [0.2, 0.25) is 0 Å². The topological polar surface area (TPSA) is 98.3 Å². The summed E-state index contributed by atoms with van der Waals surface area (Å²) in [5, 5.41) is 2.50. The molecule has 0 aromatic heterocycles. The Morgan fingerprint density at radius 2 is 1.79 bits per heavy atom. The number of hydrogen-bond donors (Lipinski definition) is 3. The standard InChI is InChI=1S/C21H26N4O4/c1-28-18-7-6-15(12-19(18)29-2)14-24-8-10-25(11-9-24)20(26)16-4-3-5-17(13-16)23-21(22)27/h3-7,12-13H,8-11,14H2,1-2H3,(H3,22,23,27)/p+1. The Morgan fingerprint density at radius 1 is 1.07 bits per heavy atom. The van der Waals surface area contributed by atoms with Crippen molar-refractivity contribution >= 4 is 17.6 Å². The van der Waals surface area contributed by atoms with Crippen molar-refractivity contribution in [1.29, 1.82) is 0 Å². The van der Waals surface area contributed by atoms with Crippen LogP contribution in [0.5, 0.6) is 11.5 Å². The predicted octanol–water partition coefficient (Wildman–Crippen LogP) is 0.735. The summed E-state index contributed by atoms with van der Waals surface area (Å²) in [5.74, 6) is 1.40. The van der Waals surface area contributed by atoms with Crippen LogP contribution >= 0.6 is 0 Å². The number of primary amides is 1. The van der Waals surface area contributed by atoms with E-state index in [1.54, 1.807) is 38.5 Å². The molecule has 29 heavy (non-hydrogen) atoms. The van der Waals surface area contributed by atoms with Crippen LogP contribution in [-0.2, 0) is 6.54 Å². The van der Waals surface area contributed by atoms with Gasteiger partial charge in [-0.1, -0.05) is 6.07 Å². The van der Waals surface area contributed by atoms with Gasteiger partial charge >= 0.3 is 6.03 Å². The lowest BCUT2D eigenvalue weighted by Gasteiger charge is -2.32. The van der Waals surface area contributed by atoms with Gasteiger partial charge in [-0.2, -0.15) is 0 Å². The van der Waals surface area contributed by atoms with Crippen molar-refractivity contribution in [2.24, 2.45) is 5.73 Å². The number of anilines is 1. The van der Waals surface area contributed by atoms with Gasteiger partial charge in [-0.15, -0.1) is 0 Å². The number of carbonyl (C=O) groups is 2. The quantitative estimate of drug-likeness (QED) is 0.667. The van der Waals surface area contributed by atoms with Gasteiger partial charge in [0.05, 0.1) is 40.4 Å². The third kappa shape index (κ3) is 5.17. The molecule has 4 N–H and O–H groups in total. The SMILES string of the molecule is COc1ccc(C[NH+]2CCN(C(=O)c3cccc(NC(N)=O)c3)CC2)cc1OC. The number of amides is 3. The van der Waals surface area contributed by atoms with Crippen LogP contribution in [0.4, 0.5) is 10.5 Å². The number of carbonyl (C=O) groups excluding carboxylic acids is 2. The van der Waals surface area contributed by atoms with E-state index in [4.69, 9.17) is 15.2 Å². The summed E-state index contributed by atoms with van der Waals surface area (Å²) in [6.45, 7) is 3.93. The minimum Gasteiger partial charge on any atom is -0.493 e. The summed E-state index contributed by atoms with van der Waals surface area (Å²) in [6.07, 6.45) is 0. The Hall–Kier alpha value is -3.26. The number of benzene rings is 2. The monoisotopic (exact) mass is 399 g/mol. The molecule has 1 fully saturated rings. The molecule has 0 unspecified atom stereocenters. The molecule has 0 spiro atoms. The maximum atomic E-state index is 12.8. The fourth-order valence-corrected chi connectivity index (χ4v) is 3.54. The number of nitrogens with zero attached hydrogens (tertiary/aromatic N) is 1. The van der Waals surface area contributed by atoms with Crippen molar-refractivity contribution in [3.63, 3.8) is 0 Å². The molecule has 0 atom stereocenters. The molecule has 2 aromatic carbocycles. The van der Waals surface area contributed by atoms with Gasteiger partial charge in [-0.25, -0.2) is 4.79 Å². The van der Waals surface area contributed by atoms with Gasteiger partial charge in [0.25, 0.3) is 5.91 Å². The number of piperazine rings is 1. The van der Waals surface area contributed by atoms with Crippen LogP contribution in [0.1, 0.15) is 15.9 Å². The normalized spacial score (nSPS) is 14.3. The molecule has 1 heterocycles. The van der Waals surface area contributed by atoms with Crippen LogP contribution in [0.2, 0.25) is 0 Å². The van der Waals surface area contributed by atoms with E-state index in [1.165, 1.54) is 10.5 Å². The van der Waals surface area contributed by atoms with Crippen molar-refractivity contribution in [2.75, 3.05) is 45.7 Å². The van der Waals surface area contributed by atoms with Crippen LogP contribution < -0.4 is 25.4 Å². The van der Waals surface area contributed by atoms with E-state index >= 15 is 0 Å². The number of nitrogens with one attached hydrogen (secondary N) is 2. The van der Waals surface area contributed by atoms with Gasteiger partial charge in [0.1, 0.15) is 6.54 Å². The molecule has 8 heteroatoms. The number of hydrogen-bond acceptors (Lipinski definition) is 4. The highest BCUT2D eigenvalue weighted by atomic mass is 16.5. The highest BCUT2D eigenvalue weighted by molar-refractivity contribution is 5.96. The molecule has 1 aliphatic heterocycles. The zero-order valence-electron chi connectivity index (χ0n) is 16.7. The first kappa shape index (κ1) is 20.5. The summed E-state index contributed by atoms with van der Waals surface area (Å²) in [7, 11) is 3.26. The summed E-state index contributed by atoms with van der Waals surface area (Å²) in [6, 6.07) is 12.1. The highest BCUT2D eigenvalue weighted by Crippen LogP contribution is 2.27. The lowest BCUT2D eigenvalue weighted by molar-refractivity contribution is -0.917. The average molecular weight is 399 g/mol. The van der Waals surface area contributed by atoms with Crippen LogP contribution in [0, 0.1) is 0 Å². The lowest BCUT2D eigenvalue weighted by Crippen LogP contribution is -3.13. The van der Waals surface area contributed by atoms with E-state index in [1.807, 2.05) is 23.1 Å². The number of quaternary nitrogens is 1. The summed E-state index contributed by atoms with van der Waals surface area (Å²) >= 11 is 0. The fourth-order valence-electron chi connectivity index (χ4n) is 3.54. The Bertz CT molecular complexity index is 879. The third-order valence-corrected chi connectivity index (χ3v) is 5.04.